The lowest BCUT2D eigenvalue weighted by Gasteiger charge is -2.08. The van der Waals surface area contributed by atoms with Gasteiger partial charge in [0.1, 0.15) is 0 Å². The Hall–Kier alpha value is -0.250. The maximum atomic E-state index is 11.6. The first-order valence-corrected chi connectivity index (χ1v) is 4.19. The Kier molecular flexibility index (Phi) is 5.29. The summed E-state index contributed by atoms with van der Waals surface area (Å²) in [5, 5.41) is 2.75. The molecular weight excluding hydrogens is 167 g/mol. The minimum atomic E-state index is -4.02. The topological polar surface area (TPSA) is 12.0 Å². The van der Waals surface area contributed by atoms with E-state index < -0.39 is 12.6 Å². The number of alkyl halides is 3. The van der Waals surface area contributed by atoms with E-state index in [1.54, 1.807) is 0 Å². The number of halogens is 3. The summed E-state index contributed by atoms with van der Waals surface area (Å²) < 4.78 is 34.8. The van der Waals surface area contributed by atoms with Crippen molar-refractivity contribution in [1.82, 2.24) is 5.32 Å². The fourth-order valence-corrected chi connectivity index (χ4v) is 0.746. The van der Waals surface area contributed by atoms with Crippen LogP contribution < -0.4 is 5.32 Å². The van der Waals surface area contributed by atoms with Crippen LogP contribution in [0.15, 0.2) is 0 Å². The Morgan fingerprint density at radius 2 is 1.75 bits per heavy atom. The standard InChI is InChI=1S/C8H16F3N/c1-7(2)3-5-12-6-4-8(9,10)11/h7,12H,3-6H2,1-2H3. The molecule has 1 N–H and O–H groups in total. The zero-order valence-corrected chi connectivity index (χ0v) is 7.54. The maximum absolute atomic E-state index is 11.6. The third kappa shape index (κ3) is 9.75. The van der Waals surface area contributed by atoms with E-state index in [0.717, 1.165) is 6.42 Å². The largest absolute Gasteiger partial charge is 0.390 e. The Labute approximate surface area is 71.3 Å². The minimum absolute atomic E-state index is 0.0379. The zero-order valence-electron chi connectivity index (χ0n) is 7.54. The van der Waals surface area contributed by atoms with Gasteiger partial charge in [-0.05, 0) is 18.9 Å². The van der Waals surface area contributed by atoms with Gasteiger partial charge in [-0.15, -0.1) is 0 Å². The lowest BCUT2D eigenvalue weighted by molar-refractivity contribution is -0.133. The second-order valence-electron chi connectivity index (χ2n) is 3.30. The van der Waals surface area contributed by atoms with Gasteiger partial charge in [0.15, 0.2) is 0 Å². The van der Waals surface area contributed by atoms with Gasteiger partial charge in [-0.1, -0.05) is 13.8 Å². The first-order chi connectivity index (χ1) is 5.42. The highest BCUT2D eigenvalue weighted by Crippen LogP contribution is 2.18. The highest BCUT2D eigenvalue weighted by atomic mass is 19.4. The van der Waals surface area contributed by atoms with E-state index in [-0.39, 0.29) is 6.54 Å². The molecule has 74 valence electrons. The quantitative estimate of drug-likeness (QED) is 0.646. The highest BCUT2D eigenvalue weighted by Gasteiger charge is 2.25. The minimum Gasteiger partial charge on any atom is -0.316 e. The van der Waals surface area contributed by atoms with Crippen LogP contribution in [0.2, 0.25) is 0 Å². The van der Waals surface area contributed by atoms with E-state index in [9.17, 15) is 13.2 Å². The molecule has 0 aliphatic heterocycles. The van der Waals surface area contributed by atoms with Crippen molar-refractivity contribution < 1.29 is 13.2 Å². The molecule has 0 aromatic carbocycles. The predicted molar refractivity (Wildman–Crippen MR) is 43.0 cm³/mol. The molecule has 4 heteroatoms. The van der Waals surface area contributed by atoms with E-state index in [0.29, 0.717) is 12.5 Å². The lowest BCUT2D eigenvalue weighted by Crippen LogP contribution is -2.23. The van der Waals surface area contributed by atoms with Crippen LogP contribution in [0.1, 0.15) is 26.7 Å². The predicted octanol–water partition coefficient (Wildman–Crippen LogP) is 2.57. The third-order valence-corrected chi connectivity index (χ3v) is 1.48. The van der Waals surface area contributed by atoms with Crippen LogP contribution in [-0.2, 0) is 0 Å². The molecule has 0 unspecified atom stereocenters. The summed E-state index contributed by atoms with van der Waals surface area (Å²) in [6.45, 7) is 4.81. The first kappa shape index (κ1) is 11.8. The van der Waals surface area contributed by atoms with Gasteiger partial charge in [-0.3, -0.25) is 0 Å². The van der Waals surface area contributed by atoms with Crippen LogP contribution in [-0.4, -0.2) is 19.3 Å². The third-order valence-electron chi connectivity index (χ3n) is 1.48. The average molecular weight is 183 g/mol. The van der Waals surface area contributed by atoms with E-state index in [4.69, 9.17) is 0 Å². The fourth-order valence-electron chi connectivity index (χ4n) is 0.746. The molecule has 0 heterocycles. The van der Waals surface area contributed by atoms with Gasteiger partial charge in [-0.2, -0.15) is 13.2 Å². The number of hydrogen-bond acceptors (Lipinski definition) is 1. The van der Waals surface area contributed by atoms with Crippen molar-refractivity contribution in [3.63, 3.8) is 0 Å². The fraction of sp³-hybridized carbons (Fsp3) is 1.00. The Balaban J connectivity index is 3.12. The van der Waals surface area contributed by atoms with Crippen molar-refractivity contribution in [1.29, 1.82) is 0 Å². The van der Waals surface area contributed by atoms with Gasteiger partial charge < -0.3 is 5.32 Å². The molecule has 0 aliphatic rings. The molecule has 0 spiro atoms. The molecule has 0 rings (SSSR count). The van der Waals surface area contributed by atoms with Crippen molar-refractivity contribution in [3.8, 4) is 0 Å². The monoisotopic (exact) mass is 183 g/mol. The van der Waals surface area contributed by atoms with E-state index >= 15 is 0 Å². The Bertz CT molecular complexity index is 109. The molecule has 0 radical (unpaired) electrons. The maximum Gasteiger partial charge on any atom is 0.390 e. The zero-order chi connectivity index (χ0) is 9.61. The van der Waals surface area contributed by atoms with Crippen LogP contribution in [0.5, 0.6) is 0 Å². The second kappa shape index (κ2) is 5.41. The van der Waals surface area contributed by atoms with Crippen LogP contribution in [0.4, 0.5) is 13.2 Å². The summed E-state index contributed by atoms with van der Waals surface area (Å²) in [5.41, 5.74) is 0. The number of rotatable bonds is 5. The van der Waals surface area contributed by atoms with E-state index in [1.165, 1.54) is 0 Å². The molecule has 1 nitrogen and oxygen atoms in total. The Morgan fingerprint density at radius 3 is 2.17 bits per heavy atom. The normalized spacial score (nSPS) is 12.5. The van der Waals surface area contributed by atoms with Crippen molar-refractivity contribution in [3.05, 3.63) is 0 Å². The van der Waals surface area contributed by atoms with Crippen molar-refractivity contribution in [2.75, 3.05) is 13.1 Å². The summed E-state index contributed by atoms with van der Waals surface area (Å²) in [7, 11) is 0. The van der Waals surface area contributed by atoms with Crippen LogP contribution in [0.25, 0.3) is 0 Å². The molecule has 0 aromatic rings. The molecular formula is C8H16F3N. The molecule has 12 heavy (non-hydrogen) atoms. The van der Waals surface area contributed by atoms with Crippen LogP contribution in [0, 0.1) is 5.92 Å². The molecule has 0 bridgehead atoms. The summed E-state index contributed by atoms with van der Waals surface area (Å²) in [6, 6.07) is 0. The van der Waals surface area contributed by atoms with Gasteiger partial charge >= 0.3 is 6.18 Å². The second-order valence-corrected chi connectivity index (χ2v) is 3.30. The number of nitrogens with one attached hydrogen (secondary N) is 1. The molecule has 0 aliphatic carbocycles. The average Bonchev–Trinajstić information content (AvgIpc) is 1.83. The van der Waals surface area contributed by atoms with Crippen molar-refractivity contribution in [2.45, 2.75) is 32.9 Å². The molecule has 0 atom stereocenters. The van der Waals surface area contributed by atoms with E-state index in [1.807, 2.05) is 13.8 Å². The van der Waals surface area contributed by atoms with Gasteiger partial charge in [0, 0.05) is 6.54 Å². The van der Waals surface area contributed by atoms with Crippen molar-refractivity contribution in [2.24, 2.45) is 5.92 Å². The molecule has 0 aromatic heterocycles. The smallest absolute Gasteiger partial charge is 0.316 e. The lowest BCUT2D eigenvalue weighted by atomic mass is 10.1. The molecule has 0 amide bonds. The van der Waals surface area contributed by atoms with Gasteiger partial charge in [0.2, 0.25) is 0 Å². The van der Waals surface area contributed by atoms with Crippen molar-refractivity contribution >= 4 is 0 Å². The van der Waals surface area contributed by atoms with E-state index in [2.05, 4.69) is 5.32 Å². The first-order valence-electron chi connectivity index (χ1n) is 4.19. The summed E-state index contributed by atoms with van der Waals surface area (Å²) in [4.78, 5) is 0. The molecule has 0 saturated heterocycles. The number of hydrogen-bond donors (Lipinski definition) is 1. The van der Waals surface area contributed by atoms with Crippen LogP contribution >= 0.6 is 0 Å². The van der Waals surface area contributed by atoms with Gasteiger partial charge in [0.05, 0.1) is 6.42 Å². The summed E-state index contributed by atoms with van der Waals surface area (Å²) >= 11 is 0. The summed E-state index contributed by atoms with van der Waals surface area (Å²) in [5.74, 6) is 0.545. The van der Waals surface area contributed by atoms with Gasteiger partial charge in [-0.25, -0.2) is 0 Å². The molecule has 0 fully saturated rings. The highest BCUT2D eigenvalue weighted by molar-refractivity contribution is 4.55. The van der Waals surface area contributed by atoms with Crippen LogP contribution in [0.3, 0.4) is 0 Å². The summed E-state index contributed by atoms with van der Waals surface area (Å²) in [6.07, 6.45) is -3.83. The van der Waals surface area contributed by atoms with Gasteiger partial charge in [0.25, 0.3) is 0 Å². The SMILES string of the molecule is CC(C)CCNCCC(F)(F)F. The molecule has 0 saturated carbocycles. The Morgan fingerprint density at radius 1 is 1.17 bits per heavy atom.